The van der Waals surface area contributed by atoms with Gasteiger partial charge in [0.05, 0.1) is 20.3 Å². The largest absolute Gasteiger partial charge is 0.497 e. The van der Waals surface area contributed by atoms with Crippen molar-refractivity contribution in [3.8, 4) is 0 Å². The van der Waals surface area contributed by atoms with Crippen LogP contribution in [-0.2, 0) is 14.2 Å². The van der Waals surface area contributed by atoms with Gasteiger partial charge in [-0.2, -0.15) is 0 Å². The van der Waals surface area contributed by atoms with Crippen molar-refractivity contribution in [2.45, 2.75) is 11.1 Å². The number of hydrogen-bond acceptors (Lipinski definition) is 3. The molecule has 2 rings (SSSR count). The van der Waals surface area contributed by atoms with Gasteiger partial charge in [-0.25, -0.2) is 0 Å². The molecule has 2 atom stereocenters. The molecule has 1 aliphatic carbocycles. The van der Waals surface area contributed by atoms with Crippen LogP contribution in [0.5, 0.6) is 0 Å². The standard InChI is InChI=1S/C10H13BrO3/c1-12-7-2-3-9(11)8(6-7)10-13-4-5-14-10/h2-3,6,8-10H,4-5H2,1H3. The minimum atomic E-state index is -0.144. The lowest BCUT2D eigenvalue weighted by Gasteiger charge is -2.25. The summed E-state index contributed by atoms with van der Waals surface area (Å²) in [7, 11) is 1.66. The molecule has 14 heavy (non-hydrogen) atoms. The number of methoxy groups -OCH3 is 1. The van der Waals surface area contributed by atoms with Crippen molar-refractivity contribution in [1.29, 1.82) is 0 Å². The van der Waals surface area contributed by atoms with Gasteiger partial charge in [0.2, 0.25) is 0 Å². The lowest BCUT2D eigenvalue weighted by molar-refractivity contribution is -0.0688. The first-order chi connectivity index (χ1) is 6.81. The highest BCUT2D eigenvalue weighted by molar-refractivity contribution is 9.09. The third kappa shape index (κ3) is 2.02. The Labute approximate surface area is 91.8 Å². The maximum Gasteiger partial charge on any atom is 0.165 e. The summed E-state index contributed by atoms with van der Waals surface area (Å²) in [5.41, 5.74) is 0. The van der Waals surface area contributed by atoms with Crippen LogP contribution in [0.3, 0.4) is 0 Å². The van der Waals surface area contributed by atoms with E-state index < -0.39 is 0 Å². The van der Waals surface area contributed by atoms with Crippen molar-refractivity contribution in [3.05, 3.63) is 24.0 Å². The molecule has 78 valence electrons. The summed E-state index contributed by atoms with van der Waals surface area (Å²) in [5, 5.41) is 0. The predicted octanol–water partition coefficient (Wildman–Crippen LogP) is 1.84. The van der Waals surface area contributed by atoms with Gasteiger partial charge in [-0.1, -0.05) is 22.0 Å². The Bertz CT molecular complexity index is 256. The van der Waals surface area contributed by atoms with Crippen molar-refractivity contribution in [2.75, 3.05) is 20.3 Å². The highest BCUT2D eigenvalue weighted by Crippen LogP contribution is 2.30. The molecule has 0 aromatic carbocycles. The van der Waals surface area contributed by atoms with E-state index in [1.807, 2.05) is 12.2 Å². The van der Waals surface area contributed by atoms with Crippen LogP contribution in [0.15, 0.2) is 24.0 Å². The lowest BCUT2D eigenvalue weighted by Crippen LogP contribution is -2.28. The van der Waals surface area contributed by atoms with Crippen LogP contribution in [0.25, 0.3) is 0 Å². The monoisotopic (exact) mass is 260 g/mol. The van der Waals surface area contributed by atoms with E-state index in [0.29, 0.717) is 13.2 Å². The Morgan fingerprint density at radius 2 is 2.14 bits per heavy atom. The van der Waals surface area contributed by atoms with E-state index in [4.69, 9.17) is 14.2 Å². The normalized spacial score (nSPS) is 33.1. The fourth-order valence-corrected chi connectivity index (χ4v) is 2.17. The van der Waals surface area contributed by atoms with Crippen molar-refractivity contribution >= 4 is 15.9 Å². The molecule has 1 fully saturated rings. The Hall–Kier alpha value is -0.320. The van der Waals surface area contributed by atoms with E-state index in [2.05, 4.69) is 22.0 Å². The highest BCUT2D eigenvalue weighted by Gasteiger charge is 2.31. The number of hydrogen-bond donors (Lipinski definition) is 0. The van der Waals surface area contributed by atoms with E-state index in [-0.39, 0.29) is 17.0 Å². The van der Waals surface area contributed by atoms with Crippen LogP contribution in [0.1, 0.15) is 0 Å². The summed E-state index contributed by atoms with van der Waals surface area (Å²) >= 11 is 3.57. The summed E-state index contributed by atoms with van der Waals surface area (Å²) in [4.78, 5) is 0.254. The first-order valence-corrected chi connectivity index (χ1v) is 5.54. The third-order valence-corrected chi connectivity index (χ3v) is 3.28. The molecule has 1 saturated heterocycles. The van der Waals surface area contributed by atoms with Crippen LogP contribution < -0.4 is 0 Å². The van der Waals surface area contributed by atoms with Gasteiger partial charge in [0.25, 0.3) is 0 Å². The van der Waals surface area contributed by atoms with Crippen molar-refractivity contribution in [3.63, 3.8) is 0 Å². The SMILES string of the molecule is COC1=CC(C2OCCO2)C(Br)C=C1. The lowest BCUT2D eigenvalue weighted by atomic mass is 9.99. The van der Waals surface area contributed by atoms with Gasteiger partial charge in [0.1, 0.15) is 5.76 Å². The summed E-state index contributed by atoms with van der Waals surface area (Å²) in [6, 6.07) is 0. The van der Waals surface area contributed by atoms with Crippen LogP contribution in [-0.4, -0.2) is 31.4 Å². The van der Waals surface area contributed by atoms with Gasteiger partial charge in [-0.05, 0) is 12.2 Å². The molecule has 0 amide bonds. The molecule has 3 nitrogen and oxygen atoms in total. The number of allylic oxidation sites excluding steroid dienone is 2. The fourth-order valence-electron chi connectivity index (χ4n) is 1.62. The first-order valence-electron chi connectivity index (χ1n) is 4.62. The smallest absolute Gasteiger partial charge is 0.165 e. The summed E-state index contributed by atoms with van der Waals surface area (Å²) in [6.07, 6.45) is 5.89. The van der Waals surface area contributed by atoms with E-state index in [9.17, 15) is 0 Å². The van der Waals surface area contributed by atoms with Gasteiger partial charge in [-0.3, -0.25) is 0 Å². The second-order valence-electron chi connectivity index (χ2n) is 3.26. The van der Waals surface area contributed by atoms with E-state index in [1.165, 1.54) is 0 Å². The Morgan fingerprint density at radius 3 is 2.79 bits per heavy atom. The second-order valence-corrected chi connectivity index (χ2v) is 4.32. The second kappa shape index (κ2) is 4.47. The zero-order valence-corrected chi connectivity index (χ0v) is 9.57. The quantitative estimate of drug-likeness (QED) is 0.710. The number of alkyl halides is 1. The Kier molecular flexibility index (Phi) is 3.26. The maximum absolute atomic E-state index is 5.47. The minimum absolute atomic E-state index is 0.144. The molecular formula is C10H13BrO3. The van der Waals surface area contributed by atoms with Gasteiger partial charge in [-0.15, -0.1) is 0 Å². The molecule has 1 heterocycles. The van der Waals surface area contributed by atoms with Crippen LogP contribution >= 0.6 is 15.9 Å². The van der Waals surface area contributed by atoms with E-state index in [1.54, 1.807) is 7.11 Å². The van der Waals surface area contributed by atoms with Crippen molar-refractivity contribution in [1.82, 2.24) is 0 Å². The maximum atomic E-state index is 5.47. The zero-order chi connectivity index (χ0) is 9.97. The van der Waals surface area contributed by atoms with Gasteiger partial charge in [0, 0.05) is 10.7 Å². The average molecular weight is 261 g/mol. The van der Waals surface area contributed by atoms with E-state index >= 15 is 0 Å². The number of ether oxygens (including phenoxy) is 3. The number of rotatable bonds is 2. The molecule has 4 heteroatoms. The molecule has 1 aliphatic heterocycles. The molecule has 0 N–H and O–H groups in total. The highest BCUT2D eigenvalue weighted by atomic mass is 79.9. The van der Waals surface area contributed by atoms with Gasteiger partial charge < -0.3 is 14.2 Å². The zero-order valence-electron chi connectivity index (χ0n) is 7.98. The molecule has 0 saturated carbocycles. The Morgan fingerprint density at radius 1 is 1.43 bits per heavy atom. The molecule has 2 aliphatic rings. The van der Waals surface area contributed by atoms with Crippen molar-refractivity contribution in [2.24, 2.45) is 5.92 Å². The molecule has 0 radical (unpaired) electrons. The summed E-state index contributed by atoms with van der Waals surface area (Å²) in [6.45, 7) is 1.36. The van der Waals surface area contributed by atoms with Crippen molar-refractivity contribution < 1.29 is 14.2 Å². The first kappa shape index (κ1) is 10.2. The van der Waals surface area contributed by atoms with Crippen LogP contribution in [0, 0.1) is 5.92 Å². The minimum Gasteiger partial charge on any atom is -0.497 e. The Balaban J connectivity index is 2.08. The van der Waals surface area contributed by atoms with Gasteiger partial charge >= 0.3 is 0 Å². The topological polar surface area (TPSA) is 27.7 Å². The van der Waals surface area contributed by atoms with E-state index in [0.717, 1.165) is 5.76 Å². The van der Waals surface area contributed by atoms with Gasteiger partial charge in [0.15, 0.2) is 6.29 Å². The molecular weight excluding hydrogens is 248 g/mol. The molecule has 0 aromatic rings. The average Bonchev–Trinajstić information content (AvgIpc) is 2.71. The molecule has 2 unspecified atom stereocenters. The molecule has 0 spiro atoms. The van der Waals surface area contributed by atoms with Crippen LogP contribution in [0.2, 0.25) is 0 Å². The molecule has 0 aromatic heterocycles. The molecule has 0 bridgehead atoms. The number of halogens is 1. The predicted molar refractivity (Wildman–Crippen MR) is 56.1 cm³/mol. The summed E-state index contributed by atoms with van der Waals surface area (Å²) < 4.78 is 16.1. The summed E-state index contributed by atoms with van der Waals surface area (Å²) in [5.74, 6) is 1.06. The van der Waals surface area contributed by atoms with Crippen LogP contribution in [0.4, 0.5) is 0 Å². The fraction of sp³-hybridized carbons (Fsp3) is 0.600. The third-order valence-electron chi connectivity index (χ3n) is 2.37.